The second-order valence-electron chi connectivity index (χ2n) is 5.38. The first kappa shape index (κ1) is 15.5. The third-order valence-electron chi connectivity index (χ3n) is 3.26. The first-order chi connectivity index (χ1) is 10.2. The standard InChI is InChI=1S/C18H24N2O/c1-4-16-8-6-10-20-18(16)13-19-12-15-7-5-9-17(11-15)21-14(2)3/h5-11,14,19H,4,12-13H2,1-3H3. The molecule has 0 unspecified atom stereocenters. The van der Waals surface area contributed by atoms with Crippen LogP contribution in [0.1, 0.15) is 37.6 Å². The van der Waals surface area contributed by atoms with Gasteiger partial charge >= 0.3 is 0 Å². The Morgan fingerprint density at radius 2 is 2.00 bits per heavy atom. The third-order valence-corrected chi connectivity index (χ3v) is 3.26. The molecule has 0 saturated heterocycles. The smallest absolute Gasteiger partial charge is 0.120 e. The summed E-state index contributed by atoms with van der Waals surface area (Å²) in [6.45, 7) is 7.85. The fraction of sp³-hybridized carbons (Fsp3) is 0.389. The van der Waals surface area contributed by atoms with Gasteiger partial charge in [-0.25, -0.2) is 0 Å². The molecule has 0 radical (unpaired) electrons. The Morgan fingerprint density at radius 3 is 2.76 bits per heavy atom. The number of benzene rings is 1. The summed E-state index contributed by atoms with van der Waals surface area (Å²) in [4.78, 5) is 4.45. The predicted molar refractivity (Wildman–Crippen MR) is 86.4 cm³/mol. The molecule has 0 aliphatic rings. The highest BCUT2D eigenvalue weighted by molar-refractivity contribution is 5.28. The zero-order chi connectivity index (χ0) is 15.1. The number of rotatable bonds is 7. The number of pyridine rings is 1. The molecular weight excluding hydrogens is 260 g/mol. The monoisotopic (exact) mass is 284 g/mol. The molecule has 0 bridgehead atoms. The second-order valence-corrected chi connectivity index (χ2v) is 5.38. The summed E-state index contributed by atoms with van der Waals surface area (Å²) < 4.78 is 5.72. The van der Waals surface area contributed by atoms with E-state index in [9.17, 15) is 0 Å². The van der Waals surface area contributed by atoms with Crippen LogP contribution in [0.3, 0.4) is 0 Å². The second kappa shape index (κ2) is 7.79. The van der Waals surface area contributed by atoms with Gasteiger partial charge in [-0.1, -0.05) is 25.1 Å². The van der Waals surface area contributed by atoms with Gasteiger partial charge in [0.15, 0.2) is 0 Å². The summed E-state index contributed by atoms with van der Waals surface area (Å²) >= 11 is 0. The Kier molecular flexibility index (Phi) is 5.76. The average Bonchev–Trinajstić information content (AvgIpc) is 2.47. The van der Waals surface area contributed by atoms with Crippen molar-refractivity contribution in [2.45, 2.75) is 46.4 Å². The van der Waals surface area contributed by atoms with Crippen LogP contribution in [0.15, 0.2) is 42.6 Å². The third kappa shape index (κ3) is 4.87. The number of hydrogen-bond acceptors (Lipinski definition) is 3. The fourth-order valence-electron chi connectivity index (χ4n) is 2.28. The van der Waals surface area contributed by atoms with Gasteiger partial charge in [0.2, 0.25) is 0 Å². The van der Waals surface area contributed by atoms with Gasteiger partial charge in [-0.3, -0.25) is 4.98 Å². The maximum Gasteiger partial charge on any atom is 0.120 e. The van der Waals surface area contributed by atoms with Crippen LogP contribution in [-0.2, 0) is 19.5 Å². The molecule has 0 fully saturated rings. The molecule has 112 valence electrons. The minimum absolute atomic E-state index is 0.203. The van der Waals surface area contributed by atoms with E-state index in [1.54, 1.807) is 0 Å². The molecule has 2 rings (SSSR count). The molecule has 0 aliphatic heterocycles. The lowest BCUT2D eigenvalue weighted by Crippen LogP contribution is -2.15. The number of aryl methyl sites for hydroxylation is 1. The van der Waals surface area contributed by atoms with E-state index in [2.05, 4.69) is 35.4 Å². The van der Waals surface area contributed by atoms with Gasteiger partial charge in [0.1, 0.15) is 5.75 Å². The van der Waals surface area contributed by atoms with E-state index in [1.165, 1.54) is 11.1 Å². The number of ether oxygens (including phenoxy) is 1. The molecule has 1 heterocycles. The minimum atomic E-state index is 0.203. The molecule has 0 atom stereocenters. The van der Waals surface area contributed by atoms with Gasteiger partial charge < -0.3 is 10.1 Å². The highest BCUT2D eigenvalue weighted by Crippen LogP contribution is 2.15. The van der Waals surface area contributed by atoms with Gasteiger partial charge in [-0.15, -0.1) is 0 Å². The van der Waals surface area contributed by atoms with Crippen molar-refractivity contribution in [3.05, 3.63) is 59.4 Å². The Morgan fingerprint density at radius 1 is 1.14 bits per heavy atom. The molecule has 1 N–H and O–H groups in total. The Labute approximate surface area is 127 Å². The lowest BCUT2D eigenvalue weighted by Gasteiger charge is -2.12. The van der Waals surface area contributed by atoms with E-state index in [-0.39, 0.29) is 6.10 Å². The summed E-state index contributed by atoms with van der Waals surface area (Å²) in [6.07, 6.45) is 3.07. The summed E-state index contributed by atoms with van der Waals surface area (Å²) in [6, 6.07) is 12.4. The van der Waals surface area contributed by atoms with Crippen molar-refractivity contribution in [2.75, 3.05) is 0 Å². The van der Waals surface area contributed by atoms with E-state index in [0.29, 0.717) is 0 Å². The van der Waals surface area contributed by atoms with Crippen LogP contribution in [-0.4, -0.2) is 11.1 Å². The van der Waals surface area contributed by atoms with E-state index >= 15 is 0 Å². The van der Waals surface area contributed by atoms with Crippen LogP contribution in [0.4, 0.5) is 0 Å². The Bertz CT molecular complexity index is 567. The summed E-state index contributed by atoms with van der Waals surface area (Å²) in [5.41, 5.74) is 3.67. The van der Waals surface area contributed by atoms with E-state index < -0.39 is 0 Å². The van der Waals surface area contributed by atoms with Gasteiger partial charge in [-0.05, 0) is 49.6 Å². The maximum atomic E-state index is 5.72. The fourth-order valence-corrected chi connectivity index (χ4v) is 2.28. The Balaban J connectivity index is 1.91. The van der Waals surface area contributed by atoms with Crippen molar-refractivity contribution in [1.29, 1.82) is 0 Å². The van der Waals surface area contributed by atoms with Gasteiger partial charge in [0, 0.05) is 19.3 Å². The topological polar surface area (TPSA) is 34.2 Å². The molecule has 2 aromatic rings. The SMILES string of the molecule is CCc1cccnc1CNCc1cccc(OC(C)C)c1. The lowest BCUT2D eigenvalue weighted by atomic mass is 10.1. The van der Waals surface area contributed by atoms with Crippen molar-refractivity contribution in [3.8, 4) is 5.75 Å². The minimum Gasteiger partial charge on any atom is -0.491 e. The van der Waals surface area contributed by atoms with Crippen LogP contribution in [0.5, 0.6) is 5.75 Å². The molecule has 1 aromatic carbocycles. The summed E-state index contributed by atoms with van der Waals surface area (Å²) in [5.74, 6) is 0.927. The van der Waals surface area contributed by atoms with Gasteiger partial charge in [-0.2, -0.15) is 0 Å². The van der Waals surface area contributed by atoms with Crippen molar-refractivity contribution in [2.24, 2.45) is 0 Å². The number of hydrogen-bond donors (Lipinski definition) is 1. The Hall–Kier alpha value is -1.87. The number of nitrogens with zero attached hydrogens (tertiary/aromatic N) is 1. The van der Waals surface area contributed by atoms with Gasteiger partial charge in [0.05, 0.1) is 11.8 Å². The van der Waals surface area contributed by atoms with Crippen molar-refractivity contribution >= 4 is 0 Å². The summed E-state index contributed by atoms with van der Waals surface area (Å²) in [5, 5.41) is 3.46. The molecule has 0 amide bonds. The normalized spacial score (nSPS) is 10.9. The van der Waals surface area contributed by atoms with Crippen molar-refractivity contribution in [3.63, 3.8) is 0 Å². The first-order valence-electron chi connectivity index (χ1n) is 7.58. The molecule has 0 aliphatic carbocycles. The predicted octanol–water partition coefficient (Wildman–Crippen LogP) is 3.72. The van der Waals surface area contributed by atoms with E-state index in [1.807, 2.05) is 38.2 Å². The van der Waals surface area contributed by atoms with Crippen molar-refractivity contribution in [1.82, 2.24) is 10.3 Å². The molecular formula is C18H24N2O. The molecule has 21 heavy (non-hydrogen) atoms. The van der Waals surface area contributed by atoms with E-state index in [0.717, 1.165) is 31.0 Å². The zero-order valence-electron chi connectivity index (χ0n) is 13.1. The highest BCUT2D eigenvalue weighted by atomic mass is 16.5. The average molecular weight is 284 g/mol. The summed E-state index contributed by atoms with van der Waals surface area (Å²) in [7, 11) is 0. The van der Waals surface area contributed by atoms with Crippen LogP contribution in [0.2, 0.25) is 0 Å². The van der Waals surface area contributed by atoms with Gasteiger partial charge in [0.25, 0.3) is 0 Å². The molecule has 0 saturated carbocycles. The van der Waals surface area contributed by atoms with Crippen LogP contribution in [0.25, 0.3) is 0 Å². The largest absolute Gasteiger partial charge is 0.491 e. The molecule has 3 heteroatoms. The first-order valence-corrected chi connectivity index (χ1v) is 7.58. The molecule has 3 nitrogen and oxygen atoms in total. The zero-order valence-corrected chi connectivity index (χ0v) is 13.1. The molecule has 1 aromatic heterocycles. The van der Waals surface area contributed by atoms with Crippen LogP contribution in [0, 0.1) is 0 Å². The lowest BCUT2D eigenvalue weighted by molar-refractivity contribution is 0.242. The van der Waals surface area contributed by atoms with Crippen LogP contribution < -0.4 is 10.1 Å². The van der Waals surface area contributed by atoms with Crippen LogP contribution >= 0.6 is 0 Å². The quantitative estimate of drug-likeness (QED) is 0.841. The number of nitrogens with one attached hydrogen (secondary N) is 1. The number of aromatic nitrogens is 1. The van der Waals surface area contributed by atoms with Crippen molar-refractivity contribution < 1.29 is 4.74 Å². The van der Waals surface area contributed by atoms with E-state index in [4.69, 9.17) is 4.74 Å². The maximum absolute atomic E-state index is 5.72. The highest BCUT2D eigenvalue weighted by Gasteiger charge is 2.02. The molecule has 0 spiro atoms.